The highest BCUT2D eigenvalue weighted by molar-refractivity contribution is 5.09. The second-order valence-corrected chi connectivity index (χ2v) is 3.90. The molecule has 1 saturated carbocycles. The molecule has 0 aromatic carbocycles. The minimum Gasteiger partial charge on any atom is -0.326 e. The van der Waals surface area contributed by atoms with Gasteiger partial charge in [0, 0.05) is 12.6 Å². The Morgan fingerprint density at radius 2 is 2.27 bits per heavy atom. The van der Waals surface area contributed by atoms with Gasteiger partial charge in [0.15, 0.2) is 0 Å². The fourth-order valence-corrected chi connectivity index (χ4v) is 2.00. The molecule has 1 atom stereocenters. The van der Waals surface area contributed by atoms with Gasteiger partial charge in [0.1, 0.15) is 0 Å². The van der Waals surface area contributed by atoms with Crippen LogP contribution in [0.4, 0.5) is 8.78 Å². The van der Waals surface area contributed by atoms with Crippen LogP contribution >= 0.6 is 0 Å². The van der Waals surface area contributed by atoms with Gasteiger partial charge in [-0.3, -0.25) is 9.78 Å². The Kier molecular flexibility index (Phi) is 2.54. The van der Waals surface area contributed by atoms with Crippen LogP contribution in [0.3, 0.4) is 0 Å². The van der Waals surface area contributed by atoms with Crippen LogP contribution in [0.5, 0.6) is 0 Å². The molecule has 0 amide bonds. The average Bonchev–Trinajstić information content (AvgIpc) is 2.19. The number of nitrogens with one attached hydrogen (secondary N) is 1. The van der Waals surface area contributed by atoms with Crippen molar-refractivity contribution in [3.05, 3.63) is 28.4 Å². The number of nitrogens with zero attached hydrogens (tertiary/aromatic N) is 1. The van der Waals surface area contributed by atoms with Crippen molar-refractivity contribution in [1.82, 2.24) is 9.97 Å². The molecule has 0 saturated heterocycles. The molecule has 1 aromatic rings. The Bertz CT molecular complexity index is 382. The van der Waals surface area contributed by atoms with Crippen molar-refractivity contribution in [2.24, 2.45) is 0 Å². The first-order chi connectivity index (χ1) is 7.09. The predicted molar refractivity (Wildman–Crippen MR) is 51.0 cm³/mol. The molecule has 1 aromatic heterocycles. The van der Waals surface area contributed by atoms with Crippen molar-refractivity contribution in [3.63, 3.8) is 0 Å². The Hall–Kier alpha value is -1.26. The summed E-state index contributed by atoms with van der Waals surface area (Å²) in [5.74, 6) is -3.54. The van der Waals surface area contributed by atoms with Crippen LogP contribution in [-0.4, -0.2) is 15.9 Å². The Morgan fingerprint density at radius 3 is 2.87 bits per heavy atom. The smallest absolute Gasteiger partial charge is 0.266 e. The normalized spacial score (nSPS) is 25.1. The molecule has 15 heavy (non-hydrogen) atoms. The maximum absolute atomic E-state index is 13.5. The number of aromatic nitrogens is 2. The van der Waals surface area contributed by atoms with E-state index in [0.717, 1.165) is 12.6 Å². The van der Waals surface area contributed by atoms with Gasteiger partial charge in [0.25, 0.3) is 11.5 Å². The number of H-pyrrole nitrogens is 1. The van der Waals surface area contributed by atoms with E-state index in [1.54, 1.807) is 0 Å². The van der Waals surface area contributed by atoms with Crippen molar-refractivity contribution >= 4 is 0 Å². The van der Waals surface area contributed by atoms with Crippen LogP contribution in [0.2, 0.25) is 0 Å². The zero-order valence-corrected chi connectivity index (χ0v) is 8.17. The van der Waals surface area contributed by atoms with Crippen molar-refractivity contribution in [2.75, 3.05) is 0 Å². The Labute approximate surface area is 85.5 Å². The standard InChI is InChI=1S/C10H12F2N2O/c11-10(12)4-2-1-3-7(10)8-5-14-9(15)6-13-8/h5-7H,1-4H2,(H,14,15). The fourth-order valence-electron chi connectivity index (χ4n) is 2.00. The molecule has 3 nitrogen and oxygen atoms in total. The first-order valence-corrected chi connectivity index (χ1v) is 5.02. The molecule has 1 aliphatic rings. The van der Waals surface area contributed by atoms with Crippen LogP contribution in [-0.2, 0) is 0 Å². The number of hydrogen-bond donors (Lipinski definition) is 1. The maximum Gasteiger partial charge on any atom is 0.266 e. The minimum absolute atomic E-state index is 0.0848. The summed E-state index contributed by atoms with van der Waals surface area (Å²) in [6.07, 6.45) is 4.06. The van der Waals surface area contributed by atoms with Crippen molar-refractivity contribution in [1.29, 1.82) is 0 Å². The molecular formula is C10H12F2N2O. The predicted octanol–water partition coefficient (Wildman–Crippen LogP) is 2.06. The lowest BCUT2D eigenvalue weighted by atomic mass is 9.83. The van der Waals surface area contributed by atoms with Gasteiger partial charge in [-0.1, -0.05) is 6.42 Å². The number of hydrogen-bond acceptors (Lipinski definition) is 2. The monoisotopic (exact) mass is 214 g/mol. The quantitative estimate of drug-likeness (QED) is 0.777. The van der Waals surface area contributed by atoms with Gasteiger partial charge in [-0.05, 0) is 12.8 Å². The Balaban J connectivity index is 2.28. The van der Waals surface area contributed by atoms with Gasteiger partial charge < -0.3 is 4.98 Å². The molecule has 82 valence electrons. The van der Waals surface area contributed by atoms with Crippen LogP contribution in [0.15, 0.2) is 17.2 Å². The summed E-state index contributed by atoms with van der Waals surface area (Å²) in [5.41, 5.74) is -0.0721. The van der Waals surface area contributed by atoms with E-state index in [0.29, 0.717) is 18.5 Å². The van der Waals surface area contributed by atoms with E-state index >= 15 is 0 Å². The maximum atomic E-state index is 13.5. The molecule has 1 aliphatic carbocycles. The molecule has 1 N–H and O–H groups in total. The van der Waals surface area contributed by atoms with E-state index in [2.05, 4.69) is 9.97 Å². The molecule has 0 bridgehead atoms. The average molecular weight is 214 g/mol. The second kappa shape index (κ2) is 3.72. The SMILES string of the molecule is O=c1cnc(C2CCCCC2(F)F)c[nH]1. The number of alkyl halides is 2. The summed E-state index contributed by atoms with van der Waals surface area (Å²) in [5, 5.41) is 0. The van der Waals surface area contributed by atoms with E-state index < -0.39 is 11.8 Å². The third-order valence-electron chi connectivity index (χ3n) is 2.81. The van der Waals surface area contributed by atoms with E-state index in [4.69, 9.17) is 0 Å². The van der Waals surface area contributed by atoms with Crippen LogP contribution in [0.1, 0.15) is 37.3 Å². The fraction of sp³-hybridized carbons (Fsp3) is 0.600. The van der Waals surface area contributed by atoms with Crippen LogP contribution in [0, 0.1) is 0 Å². The molecule has 1 fully saturated rings. The molecular weight excluding hydrogens is 202 g/mol. The van der Waals surface area contributed by atoms with E-state index in [9.17, 15) is 13.6 Å². The van der Waals surface area contributed by atoms with Gasteiger partial charge in [-0.25, -0.2) is 8.78 Å². The topological polar surface area (TPSA) is 45.8 Å². The molecule has 0 radical (unpaired) electrons. The number of halogens is 2. The van der Waals surface area contributed by atoms with Crippen molar-refractivity contribution < 1.29 is 8.78 Å². The van der Waals surface area contributed by atoms with Crippen LogP contribution < -0.4 is 5.56 Å². The zero-order valence-electron chi connectivity index (χ0n) is 8.17. The van der Waals surface area contributed by atoms with Crippen molar-refractivity contribution in [3.8, 4) is 0 Å². The molecule has 2 rings (SSSR count). The van der Waals surface area contributed by atoms with Gasteiger partial charge in [0.2, 0.25) is 0 Å². The molecule has 1 heterocycles. The number of aromatic amines is 1. The highest BCUT2D eigenvalue weighted by Crippen LogP contribution is 2.43. The first-order valence-electron chi connectivity index (χ1n) is 5.02. The molecule has 0 spiro atoms. The first kappa shape index (κ1) is 10.3. The van der Waals surface area contributed by atoms with E-state index in [1.807, 2.05) is 0 Å². The summed E-state index contributed by atoms with van der Waals surface area (Å²) >= 11 is 0. The molecule has 0 aliphatic heterocycles. The lowest BCUT2D eigenvalue weighted by Crippen LogP contribution is -2.31. The summed E-state index contributed by atoms with van der Waals surface area (Å²) in [6, 6.07) is 0. The summed E-state index contributed by atoms with van der Waals surface area (Å²) < 4.78 is 27.0. The number of rotatable bonds is 1. The van der Waals surface area contributed by atoms with Gasteiger partial charge in [-0.2, -0.15) is 0 Å². The van der Waals surface area contributed by atoms with E-state index in [-0.39, 0.29) is 12.0 Å². The minimum atomic E-state index is -2.69. The third kappa shape index (κ3) is 2.06. The largest absolute Gasteiger partial charge is 0.326 e. The van der Waals surface area contributed by atoms with E-state index in [1.165, 1.54) is 6.20 Å². The van der Waals surface area contributed by atoms with Crippen LogP contribution in [0.25, 0.3) is 0 Å². The van der Waals surface area contributed by atoms with Gasteiger partial charge in [-0.15, -0.1) is 0 Å². The lowest BCUT2D eigenvalue weighted by molar-refractivity contribution is -0.0560. The Morgan fingerprint density at radius 1 is 1.47 bits per heavy atom. The van der Waals surface area contributed by atoms with Gasteiger partial charge >= 0.3 is 0 Å². The molecule has 1 unspecified atom stereocenters. The highest BCUT2D eigenvalue weighted by atomic mass is 19.3. The van der Waals surface area contributed by atoms with Gasteiger partial charge in [0.05, 0.1) is 17.8 Å². The second-order valence-electron chi connectivity index (χ2n) is 3.90. The summed E-state index contributed by atoms with van der Waals surface area (Å²) in [7, 11) is 0. The van der Waals surface area contributed by atoms with Crippen molar-refractivity contribution in [2.45, 2.75) is 37.5 Å². The lowest BCUT2D eigenvalue weighted by Gasteiger charge is -2.30. The third-order valence-corrected chi connectivity index (χ3v) is 2.81. The molecule has 5 heteroatoms. The highest BCUT2D eigenvalue weighted by Gasteiger charge is 2.43. The zero-order chi connectivity index (χ0) is 10.9. The summed E-state index contributed by atoms with van der Waals surface area (Å²) in [6.45, 7) is 0. The summed E-state index contributed by atoms with van der Waals surface area (Å²) in [4.78, 5) is 16.9.